The zero-order valence-corrected chi connectivity index (χ0v) is 22.3. The molecule has 1 aliphatic rings. The molecule has 1 heterocycles. The SMILES string of the molecule is Cc1[nH]n(C(C)C)c(=O)c1CNC(=O)c1cc(Cl)cc(NC(C)[C@H]2CC[C@H](N(C)C)CC2)c1C. The summed E-state index contributed by atoms with van der Waals surface area (Å²) >= 11 is 6.41. The Morgan fingerprint density at radius 1 is 1.18 bits per heavy atom. The van der Waals surface area contributed by atoms with E-state index in [1.54, 1.807) is 10.7 Å². The number of hydrogen-bond donors (Lipinski definition) is 3. The number of nitrogens with one attached hydrogen (secondary N) is 3. The van der Waals surface area contributed by atoms with E-state index in [-0.39, 0.29) is 30.1 Å². The minimum absolute atomic E-state index is 0.0272. The molecule has 0 radical (unpaired) electrons. The smallest absolute Gasteiger partial charge is 0.271 e. The molecule has 188 valence electrons. The molecule has 1 unspecified atom stereocenters. The molecule has 34 heavy (non-hydrogen) atoms. The summed E-state index contributed by atoms with van der Waals surface area (Å²) in [5, 5.41) is 10.1. The molecule has 0 bridgehead atoms. The van der Waals surface area contributed by atoms with Crippen LogP contribution in [0.15, 0.2) is 16.9 Å². The van der Waals surface area contributed by atoms with Crippen LogP contribution in [0.5, 0.6) is 0 Å². The van der Waals surface area contributed by atoms with Gasteiger partial charge in [-0.3, -0.25) is 19.4 Å². The van der Waals surface area contributed by atoms with Crippen molar-refractivity contribution in [3.63, 3.8) is 0 Å². The second-order valence-electron chi connectivity index (χ2n) is 10.3. The third kappa shape index (κ3) is 5.87. The predicted octanol–water partition coefficient (Wildman–Crippen LogP) is 4.88. The van der Waals surface area contributed by atoms with Crippen molar-refractivity contribution in [1.29, 1.82) is 0 Å². The van der Waals surface area contributed by atoms with Crippen molar-refractivity contribution in [1.82, 2.24) is 20.0 Å². The number of hydrogen-bond acceptors (Lipinski definition) is 4. The molecule has 3 rings (SSSR count). The second-order valence-corrected chi connectivity index (χ2v) is 10.7. The van der Waals surface area contributed by atoms with Crippen molar-refractivity contribution < 1.29 is 4.79 Å². The van der Waals surface area contributed by atoms with Crippen molar-refractivity contribution in [3.05, 3.63) is 49.9 Å². The third-order valence-corrected chi connectivity index (χ3v) is 7.56. The Morgan fingerprint density at radius 3 is 2.38 bits per heavy atom. The number of aromatic amines is 1. The number of carbonyl (C=O) groups is 1. The van der Waals surface area contributed by atoms with Gasteiger partial charge in [-0.2, -0.15) is 0 Å². The summed E-state index contributed by atoms with van der Waals surface area (Å²) in [6.45, 7) is 10.1. The van der Waals surface area contributed by atoms with E-state index in [2.05, 4.69) is 41.7 Å². The minimum atomic E-state index is -0.238. The second kappa shape index (κ2) is 11.0. The highest BCUT2D eigenvalue weighted by atomic mass is 35.5. The van der Waals surface area contributed by atoms with Gasteiger partial charge in [-0.15, -0.1) is 0 Å². The van der Waals surface area contributed by atoms with Crippen molar-refractivity contribution in [3.8, 4) is 0 Å². The Kier molecular flexibility index (Phi) is 8.52. The first kappa shape index (κ1) is 26.4. The maximum absolute atomic E-state index is 13.1. The number of aryl methyl sites for hydroxylation is 1. The zero-order valence-electron chi connectivity index (χ0n) is 21.6. The van der Waals surface area contributed by atoms with Crippen LogP contribution in [-0.4, -0.2) is 46.8 Å². The Morgan fingerprint density at radius 2 is 1.82 bits per heavy atom. The lowest BCUT2D eigenvalue weighted by atomic mass is 9.81. The van der Waals surface area contributed by atoms with Crippen LogP contribution in [0.4, 0.5) is 5.69 Å². The van der Waals surface area contributed by atoms with Gasteiger partial charge in [-0.25, -0.2) is 0 Å². The number of amides is 1. The van der Waals surface area contributed by atoms with Crippen LogP contribution in [0.1, 0.15) is 79.7 Å². The number of carbonyl (C=O) groups excluding carboxylic acids is 1. The summed E-state index contributed by atoms with van der Waals surface area (Å²) in [4.78, 5) is 28.0. The first-order valence-electron chi connectivity index (χ1n) is 12.3. The number of nitrogens with zero attached hydrogens (tertiary/aromatic N) is 2. The first-order chi connectivity index (χ1) is 16.0. The fourth-order valence-electron chi connectivity index (χ4n) is 4.99. The number of rotatable bonds is 8. The quantitative estimate of drug-likeness (QED) is 0.493. The van der Waals surface area contributed by atoms with E-state index in [9.17, 15) is 9.59 Å². The molecule has 0 aliphatic heterocycles. The average Bonchev–Trinajstić information content (AvgIpc) is 3.07. The van der Waals surface area contributed by atoms with E-state index >= 15 is 0 Å². The highest BCUT2D eigenvalue weighted by Crippen LogP contribution is 2.32. The third-order valence-electron chi connectivity index (χ3n) is 7.34. The summed E-state index contributed by atoms with van der Waals surface area (Å²) in [7, 11) is 4.32. The largest absolute Gasteiger partial charge is 0.382 e. The fraction of sp³-hybridized carbons (Fsp3) is 0.615. The van der Waals surface area contributed by atoms with E-state index in [1.165, 1.54) is 25.7 Å². The zero-order chi connectivity index (χ0) is 25.2. The summed E-state index contributed by atoms with van der Waals surface area (Å²) in [6, 6.07) is 4.57. The molecular formula is C26H40ClN5O2. The molecule has 2 aromatic rings. The Hall–Kier alpha value is -2.25. The summed E-state index contributed by atoms with van der Waals surface area (Å²) in [5.74, 6) is 0.352. The summed E-state index contributed by atoms with van der Waals surface area (Å²) < 4.78 is 1.58. The molecule has 8 heteroatoms. The van der Waals surface area contributed by atoms with Crippen LogP contribution < -0.4 is 16.2 Å². The Balaban J connectivity index is 1.70. The maximum Gasteiger partial charge on any atom is 0.271 e. The molecule has 1 aliphatic carbocycles. The van der Waals surface area contributed by atoms with Crippen LogP contribution in [0.2, 0.25) is 5.02 Å². The van der Waals surface area contributed by atoms with Crippen LogP contribution in [-0.2, 0) is 6.54 Å². The van der Waals surface area contributed by atoms with Gasteiger partial charge in [0, 0.05) is 40.1 Å². The van der Waals surface area contributed by atoms with Crippen molar-refractivity contribution in [2.45, 2.75) is 85.0 Å². The number of H-pyrrole nitrogens is 1. The highest BCUT2D eigenvalue weighted by Gasteiger charge is 2.27. The molecule has 3 N–H and O–H groups in total. The Labute approximate surface area is 208 Å². The van der Waals surface area contributed by atoms with Crippen LogP contribution in [0.25, 0.3) is 0 Å². The van der Waals surface area contributed by atoms with Gasteiger partial charge in [-0.05, 0) is 98.0 Å². The fourth-order valence-corrected chi connectivity index (χ4v) is 5.20. The van der Waals surface area contributed by atoms with Gasteiger partial charge in [0.15, 0.2) is 0 Å². The number of benzene rings is 1. The van der Waals surface area contributed by atoms with Gasteiger partial charge in [0.25, 0.3) is 11.5 Å². The number of aromatic nitrogens is 2. The molecule has 1 atom stereocenters. The molecule has 0 saturated heterocycles. The van der Waals surface area contributed by atoms with E-state index in [0.29, 0.717) is 28.1 Å². The normalized spacial score (nSPS) is 19.5. The van der Waals surface area contributed by atoms with Crippen molar-refractivity contribution in [2.24, 2.45) is 5.92 Å². The topological polar surface area (TPSA) is 82.2 Å². The lowest BCUT2D eigenvalue weighted by molar-refractivity contribution is 0.0950. The standard InChI is InChI=1S/C26H40ClN5O2/c1-15(2)32-26(34)23(18(5)30-32)14-28-25(33)22-12-20(27)13-24(16(22)3)29-17(4)19-8-10-21(11-9-19)31(6)7/h12-13,15,17,19,21,29-30H,8-11,14H2,1-7H3,(H,28,33)/t17?,19-,21-. The van der Waals surface area contributed by atoms with Crippen LogP contribution in [0.3, 0.4) is 0 Å². The molecule has 1 saturated carbocycles. The molecule has 1 aromatic heterocycles. The van der Waals surface area contributed by atoms with Gasteiger partial charge in [0.05, 0.1) is 12.1 Å². The van der Waals surface area contributed by atoms with Crippen molar-refractivity contribution >= 4 is 23.2 Å². The number of anilines is 1. The lowest BCUT2D eigenvalue weighted by Gasteiger charge is -2.36. The molecule has 1 aromatic carbocycles. The van der Waals surface area contributed by atoms with Crippen LogP contribution in [0, 0.1) is 19.8 Å². The average molecular weight is 490 g/mol. The monoisotopic (exact) mass is 489 g/mol. The molecule has 1 fully saturated rings. The first-order valence-corrected chi connectivity index (χ1v) is 12.7. The van der Waals surface area contributed by atoms with Gasteiger partial charge in [0.1, 0.15) is 0 Å². The molecule has 0 spiro atoms. The number of halogens is 1. The summed E-state index contributed by atoms with van der Waals surface area (Å²) in [5.41, 5.74) is 3.51. The van der Waals surface area contributed by atoms with Gasteiger partial charge in [-0.1, -0.05) is 11.6 Å². The predicted molar refractivity (Wildman–Crippen MR) is 140 cm³/mol. The summed E-state index contributed by atoms with van der Waals surface area (Å²) in [6.07, 6.45) is 4.80. The van der Waals surface area contributed by atoms with E-state index in [0.717, 1.165) is 16.9 Å². The van der Waals surface area contributed by atoms with Crippen molar-refractivity contribution in [2.75, 3.05) is 19.4 Å². The molecule has 1 amide bonds. The minimum Gasteiger partial charge on any atom is -0.382 e. The molecular weight excluding hydrogens is 450 g/mol. The van der Waals surface area contributed by atoms with Gasteiger partial charge < -0.3 is 15.5 Å². The van der Waals surface area contributed by atoms with Gasteiger partial charge in [0.2, 0.25) is 0 Å². The van der Waals surface area contributed by atoms with E-state index in [4.69, 9.17) is 11.6 Å². The highest BCUT2D eigenvalue weighted by molar-refractivity contribution is 6.31. The van der Waals surface area contributed by atoms with Crippen LogP contribution >= 0.6 is 11.6 Å². The molecule has 7 nitrogen and oxygen atoms in total. The van der Waals surface area contributed by atoms with Gasteiger partial charge >= 0.3 is 0 Å². The van der Waals surface area contributed by atoms with E-state index in [1.807, 2.05) is 33.8 Å². The lowest BCUT2D eigenvalue weighted by Crippen LogP contribution is -2.36. The maximum atomic E-state index is 13.1. The van der Waals surface area contributed by atoms with E-state index < -0.39 is 0 Å². The Bertz CT molecular complexity index is 1060.